The molecule has 4 nitrogen and oxygen atoms in total. The minimum Gasteiger partial charge on any atom is -0.196 e. The molecule has 0 amide bonds. The first kappa shape index (κ1) is 13.0. The Morgan fingerprint density at radius 2 is 1.47 bits per heavy atom. The molecule has 1 rings (SSSR count). The van der Waals surface area contributed by atoms with E-state index < -0.39 is 10.8 Å². The molecule has 1 aliphatic carbocycles. The molecule has 0 heterocycles. The Kier molecular flexibility index (Phi) is 3.73. The maximum absolute atomic E-state index is 9.35. The Bertz CT molecular complexity index is 424. The lowest BCUT2D eigenvalue weighted by Crippen LogP contribution is -2.44. The molecule has 0 N–H and O–H groups in total. The number of hydrogen-bond acceptors (Lipinski definition) is 4. The van der Waals surface area contributed by atoms with Crippen molar-refractivity contribution >= 4 is 0 Å². The van der Waals surface area contributed by atoms with Gasteiger partial charge in [-0.2, -0.15) is 21.0 Å². The fourth-order valence-corrected chi connectivity index (χ4v) is 2.60. The maximum atomic E-state index is 9.35. The van der Waals surface area contributed by atoms with Crippen LogP contribution in [0, 0.1) is 62.1 Å². The zero-order chi connectivity index (χ0) is 12.9. The van der Waals surface area contributed by atoms with Gasteiger partial charge in [-0.25, -0.2) is 0 Å². The minimum atomic E-state index is -1.50. The maximum Gasteiger partial charge on any atom is 0.177 e. The van der Waals surface area contributed by atoms with E-state index in [-0.39, 0.29) is 5.92 Å². The van der Waals surface area contributed by atoms with E-state index in [2.05, 4.69) is 0 Å². The van der Waals surface area contributed by atoms with Gasteiger partial charge in [0.05, 0.1) is 24.3 Å². The number of rotatable bonds is 0. The summed E-state index contributed by atoms with van der Waals surface area (Å²) < 4.78 is 0. The van der Waals surface area contributed by atoms with Crippen LogP contribution in [-0.2, 0) is 0 Å². The molecule has 17 heavy (non-hydrogen) atoms. The summed E-state index contributed by atoms with van der Waals surface area (Å²) in [6.45, 7) is 1.79. The lowest BCUT2D eigenvalue weighted by atomic mass is 9.56. The van der Waals surface area contributed by atoms with E-state index in [1.54, 1.807) is 6.92 Å². The van der Waals surface area contributed by atoms with E-state index in [1.807, 2.05) is 24.3 Å². The molecule has 0 radical (unpaired) electrons. The number of hydrogen-bond donors (Lipinski definition) is 0. The molecular formula is C13H14N4. The Labute approximate surface area is 102 Å². The van der Waals surface area contributed by atoms with Crippen molar-refractivity contribution in [3.63, 3.8) is 0 Å². The Hall–Kier alpha value is -2.04. The van der Waals surface area contributed by atoms with Gasteiger partial charge in [0.1, 0.15) is 0 Å². The molecule has 0 aliphatic heterocycles. The van der Waals surface area contributed by atoms with Gasteiger partial charge in [-0.1, -0.05) is 26.2 Å². The van der Waals surface area contributed by atoms with Crippen molar-refractivity contribution in [1.82, 2.24) is 0 Å². The van der Waals surface area contributed by atoms with Crippen molar-refractivity contribution in [2.75, 3.05) is 0 Å². The molecule has 86 valence electrons. The summed E-state index contributed by atoms with van der Waals surface area (Å²) in [6.07, 6.45) is 3.64. The first-order valence-electron chi connectivity index (χ1n) is 5.77. The van der Waals surface area contributed by atoms with Gasteiger partial charge in [-0.05, 0) is 18.8 Å². The highest BCUT2D eigenvalue weighted by Crippen LogP contribution is 2.50. The van der Waals surface area contributed by atoms with Gasteiger partial charge in [-0.3, -0.25) is 0 Å². The average Bonchev–Trinajstić information content (AvgIpc) is 2.35. The molecule has 0 bridgehead atoms. The van der Waals surface area contributed by atoms with Crippen LogP contribution in [-0.4, -0.2) is 0 Å². The van der Waals surface area contributed by atoms with E-state index >= 15 is 0 Å². The van der Waals surface area contributed by atoms with Crippen LogP contribution in [0.2, 0.25) is 0 Å². The van der Waals surface area contributed by atoms with E-state index in [0.717, 1.165) is 19.3 Å². The van der Waals surface area contributed by atoms with Gasteiger partial charge in [-0.15, -0.1) is 0 Å². The standard InChI is InChI=1S/C13H14N4/c1-11-5-3-2-4-6-12(7-14,8-15)13(11,9-16)10-17/h11H,2-6H2,1H3. The molecule has 1 atom stereocenters. The second-order valence-electron chi connectivity index (χ2n) is 4.66. The summed E-state index contributed by atoms with van der Waals surface area (Å²) in [5.41, 5.74) is -2.99. The minimum absolute atomic E-state index is 0.253. The van der Waals surface area contributed by atoms with E-state index in [1.165, 1.54) is 0 Å². The predicted octanol–water partition coefficient (Wildman–Crippen LogP) is 2.65. The van der Waals surface area contributed by atoms with E-state index in [9.17, 15) is 21.0 Å². The van der Waals surface area contributed by atoms with Crippen molar-refractivity contribution in [2.24, 2.45) is 16.7 Å². The Balaban J connectivity index is 3.41. The van der Waals surface area contributed by atoms with Gasteiger partial charge < -0.3 is 0 Å². The molecule has 1 saturated carbocycles. The fraction of sp³-hybridized carbons (Fsp3) is 0.692. The third kappa shape index (κ3) is 1.73. The zero-order valence-electron chi connectivity index (χ0n) is 9.90. The second-order valence-corrected chi connectivity index (χ2v) is 4.66. The van der Waals surface area contributed by atoms with Gasteiger partial charge >= 0.3 is 0 Å². The monoisotopic (exact) mass is 226 g/mol. The van der Waals surface area contributed by atoms with Crippen molar-refractivity contribution in [1.29, 1.82) is 21.0 Å². The summed E-state index contributed by atoms with van der Waals surface area (Å²) in [5.74, 6) is -0.253. The first-order chi connectivity index (χ1) is 8.12. The summed E-state index contributed by atoms with van der Waals surface area (Å²) in [7, 11) is 0. The van der Waals surface area contributed by atoms with E-state index in [4.69, 9.17) is 0 Å². The van der Waals surface area contributed by atoms with Crippen LogP contribution in [0.25, 0.3) is 0 Å². The summed E-state index contributed by atoms with van der Waals surface area (Å²) in [5, 5.41) is 37.3. The molecule has 0 aromatic rings. The third-order valence-corrected chi connectivity index (χ3v) is 3.84. The molecule has 1 fully saturated rings. The Morgan fingerprint density at radius 1 is 0.882 bits per heavy atom. The second kappa shape index (κ2) is 4.86. The van der Waals surface area contributed by atoms with Crippen LogP contribution in [0.5, 0.6) is 0 Å². The summed E-state index contributed by atoms with van der Waals surface area (Å²) in [4.78, 5) is 0. The van der Waals surface area contributed by atoms with Crippen LogP contribution >= 0.6 is 0 Å². The predicted molar refractivity (Wildman–Crippen MR) is 59.6 cm³/mol. The summed E-state index contributed by atoms with van der Waals surface area (Å²) in [6, 6.07) is 7.85. The van der Waals surface area contributed by atoms with Gasteiger partial charge in [0.25, 0.3) is 0 Å². The van der Waals surface area contributed by atoms with Crippen LogP contribution in [0.3, 0.4) is 0 Å². The van der Waals surface area contributed by atoms with Crippen molar-refractivity contribution in [3.8, 4) is 24.3 Å². The molecule has 4 heteroatoms. The molecule has 0 aromatic heterocycles. The molecule has 0 aromatic carbocycles. The lowest BCUT2D eigenvalue weighted by molar-refractivity contribution is 0.161. The number of nitriles is 4. The van der Waals surface area contributed by atoms with Crippen LogP contribution < -0.4 is 0 Å². The normalized spacial score (nSPS) is 26.1. The van der Waals surface area contributed by atoms with Crippen molar-refractivity contribution < 1.29 is 0 Å². The molecular weight excluding hydrogens is 212 g/mol. The molecule has 0 saturated heterocycles. The highest BCUT2D eigenvalue weighted by molar-refractivity contribution is 5.35. The van der Waals surface area contributed by atoms with Gasteiger partial charge in [0.15, 0.2) is 10.8 Å². The first-order valence-corrected chi connectivity index (χ1v) is 5.77. The van der Waals surface area contributed by atoms with Crippen LogP contribution in [0.1, 0.15) is 39.0 Å². The van der Waals surface area contributed by atoms with Crippen LogP contribution in [0.4, 0.5) is 0 Å². The third-order valence-electron chi connectivity index (χ3n) is 3.84. The number of nitrogens with zero attached hydrogens (tertiary/aromatic N) is 4. The molecule has 0 spiro atoms. The topological polar surface area (TPSA) is 95.2 Å². The van der Waals surface area contributed by atoms with Crippen molar-refractivity contribution in [3.05, 3.63) is 0 Å². The van der Waals surface area contributed by atoms with Gasteiger partial charge in [0, 0.05) is 0 Å². The van der Waals surface area contributed by atoms with E-state index in [0.29, 0.717) is 12.8 Å². The quantitative estimate of drug-likeness (QED) is 0.634. The SMILES string of the molecule is CC1CCCCCC(C#N)(C#N)C1(C#N)C#N. The lowest BCUT2D eigenvalue weighted by Gasteiger charge is -2.37. The fourth-order valence-electron chi connectivity index (χ4n) is 2.60. The molecule has 1 unspecified atom stereocenters. The highest BCUT2D eigenvalue weighted by atomic mass is 14.6. The van der Waals surface area contributed by atoms with Crippen LogP contribution in [0.15, 0.2) is 0 Å². The summed E-state index contributed by atoms with van der Waals surface area (Å²) >= 11 is 0. The zero-order valence-corrected chi connectivity index (χ0v) is 9.90. The van der Waals surface area contributed by atoms with Crippen molar-refractivity contribution in [2.45, 2.75) is 39.0 Å². The highest BCUT2D eigenvalue weighted by Gasteiger charge is 2.57. The largest absolute Gasteiger partial charge is 0.196 e. The Morgan fingerprint density at radius 3 is 1.94 bits per heavy atom. The smallest absolute Gasteiger partial charge is 0.177 e. The molecule has 1 aliphatic rings. The van der Waals surface area contributed by atoms with Gasteiger partial charge in [0.2, 0.25) is 0 Å². The average molecular weight is 226 g/mol.